The fraction of sp³-hybridized carbons (Fsp3) is 0.545. The minimum absolute atomic E-state index is 0.0105. The highest BCUT2D eigenvalue weighted by Gasteiger charge is 2.11. The molecule has 0 radical (unpaired) electrons. The predicted molar refractivity (Wildman–Crippen MR) is 69.0 cm³/mol. The smallest absolute Gasteiger partial charge is 0.348 e. The van der Waals surface area contributed by atoms with Gasteiger partial charge in [-0.25, -0.2) is 4.79 Å². The lowest BCUT2D eigenvalue weighted by Crippen LogP contribution is -2.35. The van der Waals surface area contributed by atoms with Crippen LogP contribution in [0.2, 0.25) is 0 Å². The summed E-state index contributed by atoms with van der Waals surface area (Å²) in [6.07, 6.45) is 0.870. The molecule has 1 aromatic heterocycles. The number of nitrogens with zero attached hydrogens (tertiary/aromatic N) is 2. The second-order valence-electron chi connectivity index (χ2n) is 3.82. The first kappa shape index (κ1) is 13.9. The maximum atomic E-state index is 11.7. The van der Waals surface area contributed by atoms with Gasteiger partial charge in [0.2, 0.25) is 5.91 Å². The van der Waals surface area contributed by atoms with Crippen LogP contribution in [0.1, 0.15) is 24.7 Å². The lowest BCUT2D eigenvalue weighted by Gasteiger charge is -2.11. The van der Waals surface area contributed by atoms with Crippen LogP contribution in [0.4, 0.5) is 0 Å². The normalized spacial score (nSPS) is 10.4. The van der Waals surface area contributed by atoms with Gasteiger partial charge >= 0.3 is 5.69 Å². The molecule has 17 heavy (non-hydrogen) atoms. The van der Waals surface area contributed by atoms with Crippen LogP contribution in [0.25, 0.3) is 0 Å². The fourth-order valence-electron chi connectivity index (χ4n) is 1.43. The van der Waals surface area contributed by atoms with Gasteiger partial charge in [0.1, 0.15) is 6.54 Å². The standard InChI is InChI=1S/C11H16BrN3O2/c1-4-5-13-9(16)6-15-8(3)10(12)7(2)14-11(15)17/h4-6H2,1-3H3,(H,13,16). The number of amides is 1. The molecule has 1 aromatic rings. The number of rotatable bonds is 4. The van der Waals surface area contributed by atoms with Crippen molar-refractivity contribution in [1.82, 2.24) is 14.9 Å². The van der Waals surface area contributed by atoms with Crippen LogP contribution < -0.4 is 11.0 Å². The number of halogens is 1. The SMILES string of the molecule is CCCNC(=O)Cn1c(C)c(Br)c(C)nc1=O. The van der Waals surface area contributed by atoms with E-state index in [4.69, 9.17) is 0 Å². The maximum absolute atomic E-state index is 11.7. The van der Waals surface area contributed by atoms with Crippen molar-refractivity contribution in [3.63, 3.8) is 0 Å². The van der Waals surface area contributed by atoms with Crippen LogP contribution in [-0.4, -0.2) is 22.0 Å². The quantitative estimate of drug-likeness (QED) is 0.907. The van der Waals surface area contributed by atoms with E-state index in [1.807, 2.05) is 6.92 Å². The third-order valence-corrected chi connectivity index (χ3v) is 3.56. The zero-order valence-corrected chi connectivity index (χ0v) is 11.8. The van der Waals surface area contributed by atoms with Crippen molar-refractivity contribution in [1.29, 1.82) is 0 Å². The number of hydrogen-bond donors (Lipinski definition) is 1. The van der Waals surface area contributed by atoms with Crippen molar-refractivity contribution in [2.45, 2.75) is 33.7 Å². The van der Waals surface area contributed by atoms with Crippen LogP contribution >= 0.6 is 15.9 Å². The van der Waals surface area contributed by atoms with Crippen molar-refractivity contribution in [3.8, 4) is 0 Å². The number of aromatic nitrogens is 2. The Morgan fingerprint density at radius 2 is 2.12 bits per heavy atom. The first-order valence-corrected chi connectivity index (χ1v) is 6.27. The van der Waals surface area contributed by atoms with Gasteiger partial charge in [-0.2, -0.15) is 4.98 Å². The van der Waals surface area contributed by atoms with Crippen molar-refractivity contribution in [2.24, 2.45) is 0 Å². The molecule has 0 aliphatic rings. The average molecular weight is 302 g/mol. The molecule has 0 bridgehead atoms. The minimum atomic E-state index is -0.394. The van der Waals surface area contributed by atoms with Crippen molar-refractivity contribution >= 4 is 21.8 Å². The molecular formula is C11H16BrN3O2. The minimum Gasteiger partial charge on any atom is -0.355 e. The molecule has 0 spiro atoms. The molecule has 1 amide bonds. The Morgan fingerprint density at radius 1 is 1.47 bits per heavy atom. The Kier molecular flexibility index (Phi) is 4.86. The lowest BCUT2D eigenvalue weighted by atomic mass is 10.3. The second-order valence-corrected chi connectivity index (χ2v) is 4.61. The first-order chi connectivity index (χ1) is 7.97. The number of hydrogen-bond acceptors (Lipinski definition) is 3. The number of carbonyl (C=O) groups is 1. The van der Waals surface area contributed by atoms with Gasteiger partial charge in [-0.15, -0.1) is 0 Å². The van der Waals surface area contributed by atoms with Gasteiger partial charge in [0, 0.05) is 12.2 Å². The van der Waals surface area contributed by atoms with Gasteiger partial charge < -0.3 is 5.32 Å². The molecule has 6 heteroatoms. The Bertz CT molecular complexity index is 482. The van der Waals surface area contributed by atoms with E-state index in [1.54, 1.807) is 13.8 Å². The molecule has 0 fully saturated rings. The molecular weight excluding hydrogens is 286 g/mol. The van der Waals surface area contributed by atoms with E-state index in [-0.39, 0.29) is 12.5 Å². The summed E-state index contributed by atoms with van der Waals surface area (Å²) in [6.45, 7) is 6.14. The summed E-state index contributed by atoms with van der Waals surface area (Å²) in [5.74, 6) is -0.172. The molecule has 1 heterocycles. The zero-order chi connectivity index (χ0) is 13.0. The molecule has 0 aliphatic heterocycles. The highest BCUT2D eigenvalue weighted by atomic mass is 79.9. The Balaban J connectivity index is 2.96. The molecule has 0 unspecified atom stereocenters. The van der Waals surface area contributed by atoms with E-state index in [2.05, 4.69) is 26.2 Å². The van der Waals surface area contributed by atoms with E-state index < -0.39 is 5.69 Å². The lowest BCUT2D eigenvalue weighted by molar-refractivity contribution is -0.121. The van der Waals surface area contributed by atoms with Crippen LogP contribution in [0.5, 0.6) is 0 Å². The molecule has 94 valence electrons. The van der Waals surface area contributed by atoms with Gasteiger partial charge in [0.25, 0.3) is 0 Å². The van der Waals surface area contributed by atoms with Gasteiger partial charge in [-0.05, 0) is 36.2 Å². The monoisotopic (exact) mass is 301 g/mol. The number of nitrogens with one attached hydrogen (secondary N) is 1. The molecule has 0 aromatic carbocycles. The Labute approximate surface area is 108 Å². The summed E-state index contributed by atoms with van der Waals surface area (Å²) in [7, 11) is 0. The van der Waals surface area contributed by atoms with E-state index >= 15 is 0 Å². The molecule has 1 N–H and O–H groups in total. The van der Waals surface area contributed by atoms with Gasteiger partial charge in [-0.1, -0.05) is 6.92 Å². The fourth-order valence-corrected chi connectivity index (χ4v) is 1.73. The van der Waals surface area contributed by atoms with Crippen molar-refractivity contribution in [3.05, 3.63) is 26.3 Å². The van der Waals surface area contributed by atoms with Crippen molar-refractivity contribution < 1.29 is 4.79 Å². The third kappa shape index (κ3) is 3.39. The van der Waals surface area contributed by atoms with E-state index in [1.165, 1.54) is 4.57 Å². The highest BCUT2D eigenvalue weighted by Crippen LogP contribution is 2.16. The van der Waals surface area contributed by atoms with E-state index in [9.17, 15) is 9.59 Å². The summed E-state index contributed by atoms with van der Waals surface area (Å²) in [5, 5.41) is 2.73. The molecule has 1 rings (SSSR count). The largest absolute Gasteiger partial charge is 0.355 e. The molecule has 0 saturated heterocycles. The number of aryl methyl sites for hydroxylation is 1. The molecule has 0 saturated carbocycles. The van der Waals surface area contributed by atoms with Crippen LogP contribution in [-0.2, 0) is 11.3 Å². The Hall–Kier alpha value is -1.17. The maximum Gasteiger partial charge on any atom is 0.348 e. The van der Waals surface area contributed by atoms with Crippen LogP contribution in [0.3, 0.4) is 0 Å². The topological polar surface area (TPSA) is 64.0 Å². The van der Waals surface area contributed by atoms with Gasteiger partial charge in [0.05, 0.1) is 10.2 Å². The van der Waals surface area contributed by atoms with Crippen LogP contribution in [0.15, 0.2) is 9.27 Å². The summed E-state index contributed by atoms with van der Waals surface area (Å²) in [4.78, 5) is 27.1. The van der Waals surface area contributed by atoms with Crippen LogP contribution in [0, 0.1) is 13.8 Å². The summed E-state index contributed by atoms with van der Waals surface area (Å²) in [6, 6.07) is 0. The second kappa shape index (κ2) is 5.95. The first-order valence-electron chi connectivity index (χ1n) is 5.47. The average Bonchev–Trinajstić information content (AvgIpc) is 2.29. The molecule has 0 atom stereocenters. The summed E-state index contributed by atoms with van der Waals surface area (Å²) >= 11 is 3.35. The summed E-state index contributed by atoms with van der Waals surface area (Å²) < 4.78 is 2.13. The number of carbonyl (C=O) groups excluding carboxylic acids is 1. The van der Waals surface area contributed by atoms with Gasteiger partial charge in [0.15, 0.2) is 0 Å². The molecule has 5 nitrogen and oxygen atoms in total. The van der Waals surface area contributed by atoms with Gasteiger partial charge in [-0.3, -0.25) is 9.36 Å². The zero-order valence-electron chi connectivity index (χ0n) is 10.2. The van der Waals surface area contributed by atoms with E-state index in [0.717, 1.165) is 10.9 Å². The molecule has 0 aliphatic carbocycles. The summed E-state index contributed by atoms with van der Waals surface area (Å²) in [5.41, 5.74) is 0.960. The van der Waals surface area contributed by atoms with E-state index in [0.29, 0.717) is 17.9 Å². The Morgan fingerprint density at radius 3 is 2.71 bits per heavy atom. The predicted octanol–water partition coefficient (Wildman–Crippen LogP) is 1.15. The third-order valence-electron chi connectivity index (χ3n) is 2.41. The van der Waals surface area contributed by atoms with Crippen molar-refractivity contribution in [2.75, 3.05) is 6.54 Å². The highest BCUT2D eigenvalue weighted by molar-refractivity contribution is 9.10.